The molecule has 2 aromatic rings. The Bertz CT molecular complexity index is 649. The Balaban J connectivity index is 1.93. The highest BCUT2D eigenvalue weighted by molar-refractivity contribution is 7.91. The zero-order chi connectivity index (χ0) is 15.3. The normalized spacial score (nSPS) is 12.0. The fraction of sp³-hybridized carbons (Fsp3) is 0.333. The first kappa shape index (κ1) is 15.8. The minimum atomic E-state index is -3.27. The Morgan fingerprint density at radius 2 is 1.86 bits per heavy atom. The maximum absolute atomic E-state index is 12.3. The topological polar surface area (TPSA) is 76.5 Å². The molecule has 0 unspecified atom stereocenters. The predicted octanol–water partition coefficient (Wildman–Crippen LogP) is 1.64. The van der Waals surface area contributed by atoms with Crippen molar-refractivity contribution in [2.24, 2.45) is 5.73 Å². The number of nitrogens with two attached hydrogens (primary N) is 1. The molecule has 0 aliphatic carbocycles. The monoisotopic (exact) mass is 308 g/mol. The summed E-state index contributed by atoms with van der Waals surface area (Å²) < 4.78 is 29.5. The molecule has 0 atom stereocenters. The first-order chi connectivity index (χ1) is 10.0. The Labute approximate surface area is 125 Å². The van der Waals surface area contributed by atoms with Crippen LogP contribution in [0.3, 0.4) is 0 Å². The van der Waals surface area contributed by atoms with Crippen molar-refractivity contribution >= 4 is 9.84 Å². The van der Waals surface area contributed by atoms with E-state index in [0.29, 0.717) is 24.5 Å². The van der Waals surface area contributed by atoms with Crippen LogP contribution in [0.2, 0.25) is 0 Å². The van der Waals surface area contributed by atoms with Gasteiger partial charge in [0, 0.05) is 25.2 Å². The average molecular weight is 308 g/mol. The Hall–Kier alpha value is -1.63. The van der Waals surface area contributed by atoms with Crippen LogP contribution < -0.4 is 5.73 Å². The van der Waals surface area contributed by atoms with Crippen molar-refractivity contribution in [2.75, 3.05) is 19.3 Å². The minimum Gasteiger partial charge on any atom is -0.472 e. The number of hydrogen-bond acceptors (Lipinski definition) is 5. The van der Waals surface area contributed by atoms with Gasteiger partial charge in [-0.1, -0.05) is 12.1 Å². The molecular weight excluding hydrogens is 288 g/mol. The molecule has 0 saturated heterocycles. The zero-order valence-corrected chi connectivity index (χ0v) is 12.8. The van der Waals surface area contributed by atoms with E-state index in [9.17, 15) is 8.42 Å². The Kier molecular flexibility index (Phi) is 5.17. The highest BCUT2D eigenvalue weighted by Crippen LogP contribution is 2.13. The fourth-order valence-electron chi connectivity index (χ4n) is 2.00. The molecule has 0 spiro atoms. The SMILES string of the molecule is CN(CCS(=O)(=O)c1ccc(CN)cc1)Cc1ccoc1. The largest absolute Gasteiger partial charge is 0.472 e. The molecule has 0 saturated carbocycles. The predicted molar refractivity (Wildman–Crippen MR) is 81.4 cm³/mol. The van der Waals surface area contributed by atoms with E-state index in [4.69, 9.17) is 10.2 Å². The number of nitrogens with zero attached hydrogens (tertiary/aromatic N) is 1. The molecule has 1 heterocycles. The lowest BCUT2D eigenvalue weighted by molar-refractivity contribution is 0.344. The van der Waals surface area contributed by atoms with Crippen molar-refractivity contribution < 1.29 is 12.8 Å². The van der Waals surface area contributed by atoms with Crippen molar-refractivity contribution in [1.29, 1.82) is 0 Å². The van der Waals surface area contributed by atoms with Gasteiger partial charge in [0.15, 0.2) is 9.84 Å². The van der Waals surface area contributed by atoms with Crippen LogP contribution in [0.15, 0.2) is 52.2 Å². The first-order valence-corrected chi connectivity index (χ1v) is 8.38. The van der Waals surface area contributed by atoms with Crippen LogP contribution in [0.25, 0.3) is 0 Å². The molecule has 0 amide bonds. The van der Waals surface area contributed by atoms with Crippen LogP contribution in [0, 0.1) is 0 Å². The molecule has 0 aliphatic rings. The van der Waals surface area contributed by atoms with E-state index in [2.05, 4.69) is 0 Å². The van der Waals surface area contributed by atoms with Gasteiger partial charge in [0.25, 0.3) is 0 Å². The number of sulfone groups is 1. The van der Waals surface area contributed by atoms with E-state index in [1.165, 1.54) is 0 Å². The van der Waals surface area contributed by atoms with E-state index in [-0.39, 0.29) is 5.75 Å². The molecule has 1 aromatic carbocycles. The summed E-state index contributed by atoms with van der Waals surface area (Å²) in [6.45, 7) is 1.54. The summed E-state index contributed by atoms with van der Waals surface area (Å²) in [5.41, 5.74) is 7.46. The molecule has 21 heavy (non-hydrogen) atoms. The van der Waals surface area contributed by atoms with E-state index in [1.54, 1.807) is 36.8 Å². The second-order valence-electron chi connectivity index (χ2n) is 5.04. The van der Waals surface area contributed by atoms with Crippen LogP contribution in [-0.2, 0) is 22.9 Å². The lowest BCUT2D eigenvalue weighted by Crippen LogP contribution is -2.25. The summed E-state index contributed by atoms with van der Waals surface area (Å²) in [5, 5.41) is 0. The minimum absolute atomic E-state index is 0.0866. The summed E-state index contributed by atoms with van der Waals surface area (Å²) in [4.78, 5) is 2.30. The van der Waals surface area contributed by atoms with Crippen LogP contribution in [0.5, 0.6) is 0 Å². The lowest BCUT2D eigenvalue weighted by Gasteiger charge is -2.15. The highest BCUT2D eigenvalue weighted by atomic mass is 32.2. The maximum atomic E-state index is 12.3. The number of furan rings is 1. The summed E-state index contributed by atoms with van der Waals surface area (Å²) in [5.74, 6) is 0.0866. The molecule has 5 nitrogen and oxygen atoms in total. The van der Waals surface area contributed by atoms with Gasteiger partial charge in [-0.3, -0.25) is 0 Å². The molecule has 1 aromatic heterocycles. The van der Waals surface area contributed by atoms with Gasteiger partial charge < -0.3 is 15.1 Å². The van der Waals surface area contributed by atoms with Gasteiger partial charge in [0.1, 0.15) is 0 Å². The molecule has 2 N–H and O–H groups in total. The third-order valence-corrected chi connectivity index (χ3v) is 5.00. The lowest BCUT2D eigenvalue weighted by atomic mass is 10.2. The summed E-state index contributed by atoms with van der Waals surface area (Å²) in [7, 11) is -1.38. The van der Waals surface area contributed by atoms with Crippen LogP contribution in [0.4, 0.5) is 0 Å². The fourth-order valence-corrected chi connectivity index (χ4v) is 3.34. The van der Waals surface area contributed by atoms with Gasteiger partial charge in [-0.05, 0) is 30.8 Å². The number of rotatable bonds is 7. The van der Waals surface area contributed by atoms with Crippen molar-refractivity contribution in [3.8, 4) is 0 Å². The van der Waals surface area contributed by atoms with E-state index < -0.39 is 9.84 Å². The summed E-state index contributed by atoms with van der Waals surface area (Å²) in [6, 6.07) is 8.61. The standard InChI is InChI=1S/C15H20N2O3S/c1-17(11-14-6-8-20-12-14)7-9-21(18,19)15-4-2-13(10-16)3-5-15/h2-6,8,12H,7,9-11,16H2,1H3. The summed E-state index contributed by atoms with van der Waals surface area (Å²) >= 11 is 0. The van der Waals surface area contributed by atoms with Gasteiger partial charge in [0.05, 0.1) is 23.2 Å². The maximum Gasteiger partial charge on any atom is 0.179 e. The van der Waals surface area contributed by atoms with E-state index in [0.717, 1.165) is 11.1 Å². The third-order valence-electron chi connectivity index (χ3n) is 3.29. The molecule has 6 heteroatoms. The Morgan fingerprint density at radius 3 is 2.43 bits per heavy atom. The van der Waals surface area contributed by atoms with Gasteiger partial charge >= 0.3 is 0 Å². The third kappa shape index (κ3) is 4.42. The van der Waals surface area contributed by atoms with Crippen LogP contribution >= 0.6 is 0 Å². The van der Waals surface area contributed by atoms with Gasteiger partial charge in [-0.15, -0.1) is 0 Å². The van der Waals surface area contributed by atoms with Crippen LogP contribution in [-0.4, -0.2) is 32.7 Å². The molecule has 0 bridgehead atoms. The van der Waals surface area contributed by atoms with Gasteiger partial charge in [0.2, 0.25) is 0 Å². The second kappa shape index (κ2) is 6.89. The number of benzene rings is 1. The number of hydrogen-bond donors (Lipinski definition) is 1. The van der Waals surface area contributed by atoms with Crippen molar-refractivity contribution in [2.45, 2.75) is 18.0 Å². The van der Waals surface area contributed by atoms with Gasteiger partial charge in [-0.2, -0.15) is 0 Å². The zero-order valence-electron chi connectivity index (χ0n) is 12.0. The van der Waals surface area contributed by atoms with Gasteiger partial charge in [-0.25, -0.2) is 8.42 Å². The van der Waals surface area contributed by atoms with Crippen molar-refractivity contribution in [3.05, 3.63) is 54.0 Å². The highest BCUT2D eigenvalue weighted by Gasteiger charge is 2.15. The molecule has 0 aliphatic heterocycles. The van der Waals surface area contributed by atoms with Crippen molar-refractivity contribution in [3.63, 3.8) is 0 Å². The van der Waals surface area contributed by atoms with Crippen molar-refractivity contribution in [1.82, 2.24) is 4.90 Å². The summed E-state index contributed by atoms with van der Waals surface area (Å²) in [6.07, 6.45) is 3.27. The molecule has 0 fully saturated rings. The first-order valence-electron chi connectivity index (χ1n) is 6.72. The quantitative estimate of drug-likeness (QED) is 0.841. The van der Waals surface area contributed by atoms with E-state index in [1.807, 2.05) is 18.0 Å². The second-order valence-corrected chi connectivity index (χ2v) is 7.15. The molecule has 2 rings (SSSR count). The molecule has 114 valence electrons. The van der Waals surface area contributed by atoms with Crippen LogP contribution in [0.1, 0.15) is 11.1 Å². The molecular formula is C15H20N2O3S. The average Bonchev–Trinajstić information content (AvgIpc) is 2.98. The Morgan fingerprint density at radius 1 is 1.14 bits per heavy atom. The smallest absolute Gasteiger partial charge is 0.179 e. The van der Waals surface area contributed by atoms with E-state index >= 15 is 0 Å². The molecule has 0 radical (unpaired) electrons.